The quantitative estimate of drug-likeness (QED) is 0.540. The normalized spacial score (nSPS) is 23.7. The maximum Gasteiger partial charge on any atom is 0.261 e. The summed E-state index contributed by atoms with van der Waals surface area (Å²) >= 11 is 0. The molecule has 0 N–H and O–H groups in total. The van der Waals surface area contributed by atoms with Gasteiger partial charge in [0.15, 0.2) is 0 Å². The van der Waals surface area contributed by atoms with E-state index in [9.17, 15) is 9.18 Å². The van der Waals surface area contributed by atoms with Crippen molar-refractivity contribution in [2.24, 2.45) is 5.92 Å². The van der Waals surface area contributed by atoms with Crippen LogP contribution in [0, 0.1) is 23.6 Å². The Morgan fingerprint density at radius 3 is 2.87 bits per heavy atom. The third-order valence-corrected chi connectivity index (χ3v) is 6.87. The number of fused-ring (bicyclic) bond motifs is 2. The minimum absolute atomic E-state index is 0.0516. The molecule has 2 aliphatic rings. The van der Waals surface area contributed by atoms with Gasteiger partial charge in [-0.15, -0.1) is 0 Å². The van der Waals surface area contributed by atoms with Crippen molar-refractivity contribution in [3.8, 4) is 11.8 Å². The Morgan fingerprint density at radius 1 is 1.13 bits per heavy atom. The Bertz CT molecular complexity index is 1240. The molecule has 0 amide bonds. The molecule has 2 atom stereocenters. The van der Waals surface area contributed by atoms with E-state index in [2.05, 4.69) is 23.8 Å². The van der Waals surface area contributed by atoms with Gasteiger partial charge >= 0.3 is 0 Å². The molecule has 1 fully saturated rings. The number of hydrogen-bond acceptors (Lipinski definition) is 3. The van der Waals surface area contributed by atoms with Crippen molar-refractivity contribution < 1.29 is 4.39 Å². The molecule has 4 nitrogen and oxygen atoms in total. The molecule has 1 aromatic heterocycles. The number of nitrogens with zero attached hydrogens (tertiary/aromatic N) is 3. The summed E-state index contributed by atoms with van der Waals surface area (Å²) in [4.78, 5) is 20.3. The molecule has 0 bridgehead atoms. The maximum atomic E-state index is 13.5. The second-order valence-corrected chi connectivity index (χ2v) is 8.40. The molecule has 3 aromatic rings. The summed E-state index contributed by atoms with van der Waals surface area (Å²) in [6.45, 7) is 1.62. The molecule has 2 aromatic carbocycles. The van der Waals surface area contributed by atoms with Gasteiger partial charge in [0.2, 0.25) is 0 Å². The molecular formula is C25H24FN3O. The molecule has 5 heteroatoms. The number of aromatic nitrogens is 2. The second kappa shape index (κ2) is 7.37. The third kappa shape index (κ3) is 3.12. The highest BCUT2D eigenvalue weighted by molar-refractivity contribution is 5.77. The topological polar surface area (TPSA) is 38.1 Å². The van der Waals surface area contributed by atoms with E-state index >= 15 is 0 Å². The van der Waals surface area contributed by atoms with Crippen LogP contribution in [0.2, 0.25) is 0 Å². The lowest BCUT2D eigenvalue weighted by Crippen LogP contribution is -2.46. The number of para-hydroxylation sites is 1. The Balaban J connectivity index is 1.50. The monoisotopic (exact) mass is 401 g/mol. The van der Waals surface area contributed by atoms with E-state index in [0.717, 1.165) is 43.6 Å². The van der Waals surface area contributed by atoms with Crippen LogP contribution >= 0.6 is 0 Å². The Labute approximate surface area is 175 Å². The van der Waals surface area contributed by atoms with Gasteiger partial charge in [0.1, 0.15) is 11.6 Å². The summed E-state index contributed by atoms with van der Waals surface area (Å²) < 4.78 is 15.4. The number of likely N-dealkylation sites (tertiary alicyclic amines) is 1. The standard InChI is InChI=1S/C25H24FN3O/c1-28-15-12-19(10-9-18-5-4-6-20(26)17-18)25(28)13-11-23-27-22-8-3-2-7-21(22)24(30)29(23)16-14-25/h2-8,17,19H,11-16H2,1H3. The first-order valence-electron chi connectivity index (χ1n) is 10.5. The Hall–Kier alpha value is -2.97. The van der Waals surface area contributed by atoms with Crippen molar-refractivity contribution in [3.05, 3.63) is 76.1 Å². The summed E-state index contributed by atoms with van der Waals surface area (Å²) in [6.07, 6.45) is 3.51. The Kier molecular flexibility index (Phi) is 4.67. The fraction of sp³-hybridized carbons (Fsp3) is 0.360. The molecule has 0 saturated carbocycles. The van der Waals surface area contributed by atoms with Crippen LogP contribution in [0.3, 0.4) is 0 Å². The van der Waals surface area contributed by atoms with Gasteiger partial charge in [0.05, 0.1) is 10.9 Å². The molecular weight excluding hydrogens is 377 g/mol. The predicted octanol–water partition coefficient (Wildman–Crippen LogP) is 3.61. The van der Waals surface area contributed by atoms with E-state index in [1.54, 1.807) is 6.07 Å². The largest absolute Gasteiger partial charge is 0.299 e. The molecule has 2 aliphatic heterocycles. The van der Waals surface area contributed by atoms with Gasteiger partial charge in [-0.25, -0.2) is 9.37 Å². The van der Waals surface area contributed by atoms with Crippen molar-refractivity contribution in [2.75, 3.05) is 13.6 Å². The van der Waals surface area contributed by atoms with Crippen LogP contribution < -0.4 is 5.56 Å². The lowest BCUT2D eigenvalue weighted by atomic mass is 9.79. The van der Waals surface area contributed by atoms with E-state index in [1.165, 1.54) is 12.1 Å². The number of halogens is 1. The summed E-state index contributed by atoms with van der Waals surface area (Å²) in [5.74, 6) is 7.44. The van der Waals surface area contributed by atoms with E-state index in [-0.39, 0.29) is 22.8 Å². The van der Waals surface area contributed by atoms with Gasteiger partial charge in [0.25, 0.3) is 5.56 Å². The number of rotatable bonds is 0. The second-order valence-electron chi connectivity index (χ2n) is 8.40. The van der Waals surface area contributed by atoms with Crippen LogP contribution in [0.15, 0.2) is 53.3 Å². The molecule has 1 saturated heterocycles. The van der Waals surface area contributed by atoms with Gasteiger partial charge in [-0.1, -0.05) is 30.0 Å². The first-order chi connectivity index (χ1) is 14.6. The minimum Gasteiger partial charge on any atom is -0.299 e. The molecule has 2 unspecified atom stereocenters. The lowest BCUT2D eigenvalue weighted by Gasteiger charge is -2.38. The Morgan fingerprint density at radius 2 is 2.00 bits per heavy atom. The SMILES string of the molecule is CN1CCC(C#Cc2cccc(F)c2)C12CCc1nc3ccccc3c(=O)n1CC2. The smallest absolute Gasteiger partial charge is 0.261 e. The van der Waals surface area contributed by atoms with Gasteiger partial charge < -0.3 is 0 Å². The van der Waals surface area contributed by atoms with Crippen molar-refractivity contribution in [3.63, 3.8) is 0 Å². The fourth-order valence-electron chi connectivity index (χ4n) is 5.15. The average molecular weight is 401 g/mol. The van der Waals surface area contributed by atoms with Crippen molar-refractivity contribution in [2.45, 2.75) is 37.8 Å². The summed E-state index contributed by atoms with van der Waals surface area (Å²) in [5.41, 5.74) is 1.44. The zero-order valence-electron chi connectivity index (χ0n) is 17.1. The van der Waals surface area contributed by atoms with Crippen molar-refractivity contribution >= 4 is 10.9 Å². The van der Waals surface area contributed by atoms with Crippen LogP contribution in [-0.4, -0.2) is 33.6 Å². The van der Waals surface area contributed by atoms with Crippen LogP contribution in [-0.2, 0) is 13.0 Å². The lowest BCUT2D eigenvalue weighted by molar-refractivity contribution is 0.125. The molecule has 152 valence electrons. The first kappa shape index (κ1) is 19.0. The highest BCUT2D eigenvalue weighted by atomic mass is 19.1. The molecule has 0 aliphatic carbocycles. The van der Waals surface area contributed by atoms with Crippen LogP contribution in [0.5, 0.6) is 0 Å². The average Bonchev–Trinajstić information content (AvgIpc) is 2.92. The van der Waals surface area contributed by atoms with Crippen molar-refractivity contribution in [1.82, 2.24) is 14.5 Å². The predicted molar refractivity (Wildman–Crippen MR) is 116 cm³/mol. The van der Waals surface area contributed by atoms with E-state index in [1.807, 2.05) is 34.9 Å². The fourth-order valence-corrected chi connectivity index (χ4v) is 5.15. The number of benzene rings is 2. The third-order valence-electron chi connectivity index (χ3n) is 6.87. The zero-order chi connectivity index (χ0) is 20.7. The maximum absolute atomic E-state index is 13.5. The highest BCUT2D eigenvalue weighted by Gasteiger charge is 2.46. The van der Waals surface area contributed by atoms with E-state index in [4.69, 9.17) is 4.98 Å². The summed E-state index contributed by atoms with van der Waals surface area (Å²) in [7, 11) is 2.16. The molecule has 0 radical (unpaired) electrons. The number of hydrogen-bond donors (Lipinski definition) is 0. The van der Waals surface area contributed by atoms with E-state index < -0.39 is 0 Å². The highest BCUT2D eigenvalue weighted by Crippen LogP contribution is 2.41. The minimum atomic E-state index is -0.262. The van der Waals surface area contributed by atoms with Gasteiger partial charge in [-0.05, 0) is 63.2 Å². The van der Waals surface area contributed by atoms with Crippen molar-refractivity contribution in [1.29, 1.82) is 0 Å². The van der Waals surface area contributed by atoms with Crippen LogP contribution in [0.4, 0.5) is 4.39 Å². The molecule has 1 spiro atoms. The summed E-state index contributed by atoms with van der Waals surface area (Å²) in [5, 5.41) is 0.680. The summed E-state index contributed by atoms with van der Waals surface area (Å²) in [6, 6.07) is 14.0. The van der Waals surface area contributed by atoms with Gasteiger partial charge in [0, 0.05) is 30.0 Å². The van der Waals surface area contributed by atoms with Gasteiger partial charge in [-0.3, -0.25) is 14.3 Å². The first-order valence-corrected chi connectivity index (χ1v) is 10.5. The van der Waals surface area contributed by atoms with E-state index in [0.29, 0.717) is 17.5 Å². The van der Waals surface area contributed by atoms with Crippen LogP contribution in [0.1, 0.15) is 30.7 Å². The molecule has 5 rings (SSSR count). The molecule has 30 heavy (non-hydrogen) atoms. The molecule has 3 heterocycles. The number of aryl methyl sites for hydroxylation is 1. The van der Waals surface area contributed by atoms with Crippen LogP contribution in [0.25, 0.3) is 10.9 Å². The zero-order valence-corrected chi connectivity index (χ0v) is 17.1. The van der Waals surface area contributed by atoms with Gasteiger partial charge in [-0.2, -0.15) is 0 Å².